The number of rotatable bonds is 3. The molecule has 0 spiro atoms. The van der Waals surface area contributed by atoms with Crippen molar-refractivity contribution in [3.05, 3.63) is 57.8 Å². The molecule has 0 saturated heterocycles. The summed E-state index contributed by atoms with van der Waals surface area (Å²) in [5, 5.41) is 0.270. The van der Waals surface area contributed by atoms with Crippen LogP contribution in [0.4, 0.5) is 4.39 Å². The van der Waals surface area contributed by atoms with E-state index >= 15 is 0 Å². The van der Waals surface area contributed by atoms with Gasteiger partial charge in [-0.05, 0) is 24.3 Å². The summed E-state index contributed by atoms with van der Waals surface area (Å²) < 4.78 is 18.7. The molecule has 0 aliphatic rings. The average molecular weight is 285 g/mol. The second kappa shape index (κ2) is 5.38. The minimum Gasteiger partial charge on any atom is -0.455 e. The summed E-state index contributed by atoms with van der Waals surface area (Å²) in [4.78, 5) is 10.9. The second-order valence-corrected chi connectivity index (χ2v) is 4.27. The zero-order valence-corrected chi connectivity index (χ0v) is 10.5. The molecule has 0 aliphatic heterocycles. The van der Waals surface area contributed by atoms with Gasteiger partial charge in [0.05, 0.1) is 15.6 Å². The van der Waals surface area contributed by atoms with Crippen molar-refractivity contribution in [2.24, 2.45) is 0 Å². The Balaban J connectivity index is 2.39. The van der Waals surface area contributed by atoms with Crippen molar-refractivity contribution in [3.8, 4) is 11.5 Å². The Bertz CT molecular complexity index is 600. The van der Waals surface area contributed by atoms with Gasteiger partial charge in [0.1, 0.15) is 11.6 Å². The van der Waals surface area contributed by atoms with Crippen LogP contribution in [0.3, 0.4) is 0 Å². The van der Waals surface area contributed by atoms with E-state index < -0.39 is 5.82 Å². The lowest BCUT2D eigenvalue weighted by atomic mass is 10.2. The van der Waals surface area contributed by atoms with Gasteiger partial charge in [-0.3, -0.25) is 4.79 Å². The van der Waals surface area contributed by atoms with Crippen LogP contribution in [0.25, 0.3) is 0 Å². The fraction of sp³-hybridized carbons (Fsp3) is 0. The van der Waals surface area contributed by atoms with Crippen LogP contribution in [-0.2, 0) is 0 Å². The molecule has 18 heavy (non-hydrogen) atoms. The molecule has 5 heteroatoms. The first-order valence-corrected chi connectivity index (χ1v) is 5.74. The van der Waals surface area contributed by atoms with Gasteiger partial charge < -0.3 is 4.74 Å². The number of carbonyl (C=O) groups excluding carboxylic acids is 1. The summed E-state index contributed by atoms with van der Waals surface area (Å²) in [5.74, 6) is -0.196. The first-order chi connectivity index (χ1) is 8.61. The quantitative estimate of drug-likeness (QED) is 0.761. The van der Waals surface area contributed by atoms with Gasteiger partial charge >= 0.3 is 0 Å². The monoisotopic (exact) mass is 284 g/mol. The van der Waals surface area contributed by atoms with Crippen LogP contribution in [0.1, 0.15) is 10.4 Å². The number of halogens is 3. The summed E-state index contributed by atoms with van der Waals surface area (Å²) in [6.45, 7) is 0. The number of aldehydes is 1. The third-order valence-electron chi connectivity index (χ3n) is 2.24. The molecule has 2 rings (SSSR count). The Labute approximate surface area is 113 Å². The van der Waals surface area contributed by atoms with Crippen LogP contribution in [0.5, 0.6) is 11.5 Å². The SMILES string of the molecule is O=Cc1cccc(Cl)c1Oc1ccc(Cl)c(F)c1. The molecule has 0 aliphatic carbocycles. The molecule has 0 saturated carbocycles. The van der Waals surface area contributed by atoms with Crippen LogP contribution in [0.15, 0.2) is 36.4 Å². The van der Waals surface area contributed by atoms with Crippen LogP contribution in [0, 0.1) is 5.82 Å². The lowest BCUT2D eigenvalue weighted by Gasteiger charge is -2.09. The topological polar surface area (TPSA) is 26.3 Å². The number of ether oxygens (including phenoxy) is 1. The highest BCUT2D eigenvalue weighted by Crippen LogP contribution is 2.33. The Morgan fingerprint density at radius 2 is 1.89 bits per heavy atom. The van der Waals surface area contributed by atoms with Gasteiger partial charge in [-0.1, -0.05) is 29.3 Å². The molecule has 0 fully saturated rings. The van der Waals surface area contributed by atoms with E-state index in [2.05, 4.69) is 0 Å². The molecule has 92 valence electrons. The van der Waals surface area contributed by atoms with Gasteiger partial charge in [0.25, 0.3) is 0 Å². The number of carbonyl (C=O) groups is 1. The van der Waals surface area contributed by atoms with Crippen molar-refractivity contribution >= 4 is 29.5 Å². The van der Waals surface area contributed by atoms with Crippen molar-refractivity contribution < 1.29 is 13.9 Å². The van der Waals surface area contributed by atoms with Gasteiger partial charge in [0.15, 0.2) is 12.0 Å². The van der Waals surface area contributed by atoms with Gasteiger partial charge in [-0.25, -0.2) is 4.39 Å². The number of para-hydroxylation sites is 1. The van der Waals surface area contributed by atoms with Crippen molar-refractivity contribution in [2.45, 2.75) is 0 Å². The smallest absolute Gasteiger partial charge is 0.156 e. The second-order valence-electron chi connectivity index (χ2n) is 3.45. The Kier molecular flexibility index (Phi) is 3.84. The maximum Gasteiger partial charge on any atom is 0.156 e. The van der Waals surface area contributed by atoms with E-state index in [0.29, 0.717) is 6.29 Å². The molecule has 2 aromatic rings. The summed E-state index contributed by atoms with van der Waals surface area (Å²) in [6, 6.07) is 8.74. The van der Waals surface area contributed by atoms with Crippen LogP contribution >= 0.6 is 23.2 Å². The van der Waals surface area contributed by atoms with E-state index in [-0.39, 0.29) is 27.1 Å². The summed E-state index contributed by atoms with van der Waals surface area (Å²) >= 11 is 11.5. The van der Waals surface area contributed by atoms with E-state index in [1.165, 1.54) is 12.1 Å². The Morgan fingerprint density at radius 3 is 2.56 bits per heavy atom. The number of hydrogen-bond acceptors (Lipinski definition) is 2. The fourth-order valence-electron chi connectivity index (χ4n) is 1.38. The third-order valence-corrected chi connectivity index (χ3v) is 2.84. The van der Waals surface area contributed by atoms with E-state index in [1.807, 2.05) is 0 Å². The average Bonchev–Trinajstić information content (AvgIpc) is 2.36. The lowest BCUT2D eigenvalue weighted by molar-refractivity contribution is 0.112. The predicted molar refractivity (Wildman–Crippen MR) is 68.3 cm³/mol. The molecule has 0 aromatic heterocycles. The van der Waals surface area contributed by atoms with Crippen LogP contribution in [-0.4, -0.2) is 6.29 Å². The Morgan fingerprint density at radius 1 is 1.11 bits per heavy atom. The van der Waals surface area contributed by atoms with Crippen molar-refractivity contribution in [3.63, 3.8) is 0 Å². The minimum atomic E-state index is -0.603. The highest BCUT2D eigenvalue weighted by Gasteiger charge is 2.10. The third kappa shape index (κ3) is 2.63. The summed E-state index contributed by atoms with van der Waals surface area (Å²) in [6.07, 6.45) is 0.619. The predicted octanol–water partition coefficient (Wildman–Crippen LogP) is 4.74. The standard InChI is InChI=1S/C13H7Cl2FO2/c14-10-5-4-9(6-12(10)16)18-13-8(7-17)2-1-3-11(13)15/h1-7H. The normalized spacial score (nSPS) is 10.2. The summed E-state index contributed by atoms with van der Waals surface area (Å²) in [5.41, 5.74) is 0.290. The van der Waals surface area contributed by atoms with E-state index in [1.54, 1.807) is 18.2 Å². The van der Waals surface area contributed by atoms with Gasteiger partial charge in [0.2, 0.25) is 0 Å². The largest absolute Gasteiger partial charge is 0.455 e. The van der Waals surface area contributed by atoms with Crippen molar-refractivity contribution in [2.75, 3.05) is 0 Å². The molecule has 0 amide bonds. The van der Waals surface area contributed by atoms with Crippen LogP contribution < -0.4 is 4.74 Å². The molecule has 2 aromatic carbocycles. The van der Waals surface area contributed by atoms with E-state index in [0.717, 1.165) is 6.07 Å². The molecule has 0 radical (unpaired) electrons. The Hall–Kier alpha value is -1.58. The number of benzene rings is 2. The maximum absolute atomic E-state index is 13.3. The van der Waals surface area contributed by atoms with Crippen LogP contribution in [0.2, 0.25) is 10.0 Å². The first kappa shape index (κ1) is 12.9. The van der Waals surface area contributed by atoms with E-state index in [9.17, 15) is 9.18 Å². The molecule has 0 N–H and O–H groups in total. The zero-order chi connectivity index (χ0) is 13.1. The molecular formula is C13H7Cl2FO2. The molecule has 0 atom stereocenters. The fourth-order valence-corrected chi connectivity index (χ4v) is 1.72. The molecule has 2 nitrogen and oxygen atoms in total. The molecular weight excluding hydrogens is 278 g/mol. The van der Waals surface area contributed by atoms with E-state index in [4.69, 9.17) is 27.9 Å². The zero-order valence-electron chi connectivity index (χ0n) is 8.99. The highest BCUT2D eigenvalue weighted by atomic mass is 35.5. The molecule has 0 heterocycles. The highest BCUT2D eigenvalue weighted by molar-refractivity contribution is 6.32. The van der Waals surface area contributed by atoms with Gasteiger partial charge in [0, 0.05) is 6.07 Å². The van der Waals surface area contributed by atoms with Gasteiger partial charge in [-0.15, -0.1) is 0 Å². The van der Waals surface area contributed by atoms with Crippen molar-refractivity contribution in [1.29, 1.82) is 0 Å². The number of hydrogen-bond donors (Lipinski definition) is 0. The van der Waals surface area contributed by atoms with Crippen molar-refractivity contribution in [1.82, 2.24) is 0 Å². The minimum absolute atomic E-state index is 0.00267. The lowest BCUT2D eigenvalue weighted by Crippen LogP contribution is -1.92. The maximum atomic E-state index is 13.3. The molecule has 0 unspecified atom stereocenters. The molecule has 0 bridgehead atoms. The van der Waals surface area contributed by atoms with Gasteiger partial charge in [-0.2, -0.15) is 0 Å². The first-order valence-electron chi connectivity index (χ1n) is 4.98. The summed E-state index contributed by atoms with van der Waals surface area (Å²) in [7, 11) is 0.